The van der Waals surface area contributed by atoms with E-state index in [1.54, 1.807) is 0 Å². The Bertz CT molecular complexity index is 3160. The molecular weight excluding hydrogens is 667 g/mol. The molecule has 0 radical (unpaired) electrons. The lowest BCUT2D eigenvalue weighted by Crippen LogP contribution is -2.26. The number of para-hydroxylation sites is 2. The molecule has 12 rings (SSSR count). The molecular formula is C53H33NO. The molecule has 0 N–H and O–H groups in total. The van der Waals surface area contributed by atoms with Gasteiger partial charge in [-0.1, -0.05) is 152 Å². The van der Waals surface area contributed by atoms with Gasteiger partial charge in [0.2, 0.25) is 0 Å². The Balaban J connectivity index is 1.08. The maximum absolute atomic E-state index is 6.76. The number of hydrogen-bond donors (Lipinski definition) is 0. The molecule has 1 aromatic heterocycles. The van der Waals surface area contributed by atoms with Crippen molar-refractivity contribution >= 4 is 49.8 Å². The Hall–Kier alpha value is -7.16. The van der Waals surface area contributed by atoms with Crippen LogP contribution in [0.2, 0.25) is 0 Å². The average Bonchev–Trinajstić information content (AvgIpc) is 3.88. The zero-order chi connectivity index (χ0) is 36.1. The smallest absolute Gasteiger partial charge is 0.143 e. The summed E-state index contributed by atoms with van der Waals surface area (Å²) in [5.74, 6) is 0. The number of hydrogen-bond acceptors (Lipinski definition) is 2. The van der Waals surface area contributed by atoms with Gasteiger partial charge in [-0.15, -0.1) is 0 Å². The molecule has 1 unspecified atom stereocenters. The van der Waals surface area contributed by atoms with Crippen LogP contribution in [0.5, 0.6) is 0 Å². The molecule has 55 heavy (non-hydrogen) atoms. The molecule has 0 aliphatic heterocycles. The summed E-state index contributed by atoms with van der Waals surface area (Å²) in [7, 11) is 0. The van der Waals surface area contributed by atoms with Gasteiger partial charge < -0.3 is 9.32 Å². The van der Waals surface area contributed by atoms with Crippen molar-refractivity contribution in [2.45, 2.75) is 5.41 Å². The highest BCUT2D eigenvalue weighted by Gasteiger charge is 2.52. The van der Waals surface area contributed by atoms with Crippen molar-refractivity contribution in [2.75, 3.05) is 4.90 Å². The second-order valence-corrected chi connectivity index (χ2v) is 14.8. The molecule has 2 heteroatoms. The van der Waals surface area contributed by atoms with Crippen LogP contribution in [-0.4, -0.2) is 0 Å². The quantitative estimate of drug-likeness (QED) is 0.182. The van der Waals surface area contributed by atoms with E-state index in [2.05, 4.69) is 205 Å². The summed E-state index contributed by atoms with van der Waals surface area (Å²) in [6.45, 7) is 0. The van der Waals surface area contributed by atoms with Crippen LogP contribution >= 0.6 is 0 Å². The molecule has 9 aromatic carbocycles. The molecule has 1 spiro atoms. The predicted octanol–water partition coefficient (Wildman–Crippen LogP) is 14.2. The molecule has 1 heterocycles. The maximum Gasteiger partial charge on any atom is 0.143 e. The standard InChI is InChI=1S/C53H33NO/c1-2-14-38(15-3-1)54(39-26-24-35(25-27-39)37-23-22-34-12-4-5-13-36(34)32-37)40-28-29-42-41-16-6-9-19-46(41)53(49(42)33-40)47-20-10-7-18-45(47)51-48(53)31-30-44-43-17-8-11-21-50(43)55-52(44)51/h1-33H. The number of anilines is 3. The first-order valence-corrected chi connectivity index (χ1v) is 19.0. The summed E-state index contributed by atoms with van der Waals surface area (Å²) in [4.78, 5) is 2.39. The van der Waals surface area contributed by atoms with Gasteiger partial charge in [0.25, 0.3) is 0 Å². The summed E-state index contributed by atoms with van der Waals surface area (Å²) < 4.78 is 6.76. The summed E-state index contributed by atoms with van der Waals surface area (Å²) in [5.41, 5.74) is 17.3. The van der Waals surface area contributed by atoms with Crippen molar-refractivity contribution in [2.24, 2.45) is 0 Å². The van der Waals surface area contributed by atoms with E-state index in [0.29, 0.717) is 0 Å². The zero-order valence-electron chi connectivity index (χ0n) is 29.9. The molecule has 0 fully saturated rings. The Kier molecular flexibility index (Phi) is 6.29. The molecule has 1 atom stereocenters. The van der Waals surface area contributed by atoms with Crippen molar-refractivity contribution in [3.8, 4) is 33.4 Å². The molecule has 0 saturated heterocycles. The fourth-order valence-electron chi connectivity index (χ4n) is 9.72. The molecule has 0 bridgehead atoms. The molecule has 2 nitrogen and oxygen atoms in total. The average molecular weight is 700 g/mol. The Morgan fingerprint density at radius 3 is 1.85 bits per heavy atom. The number of rotatable bonds is 4. The van der Waals surface area contributed by atoms with E-state index in [0.717, 1.165) is 39.0 Å². The molecule has 256 valence electrons. The van der Waals surface area contributed by atoms with E-state index < -0.39 is 5.41 Å². The van der Waals surface area contributed by atoms with Crippen LogP contribution in [0, 0.1) is 0 Å². The van der Waals surface area contributed by atoms with Gasteiger partial charge in [-0.25, -0.2) is 0 Å². The van der Waals surface area contributed by atoms with Gasteiger partial charge in [-0.3, -0.25) is 0 Å². The van der Waals surface area contributed by atoms with Gasteiger partial charge in [0.1, 0.15) is 11.2 Å². The highest BCUT2D eigenvalue weighted by molar-refractivity contribution is 6.13. The van der Waals surface area contributed by atoms with Crippen LogP contribution in [0.1, 0.15) is 22.3 Å². The first-order chi connectivity index (χ1) is 27.3. The predicted molar refractivity (Wildman–Crippen MR) is 228 cm³/mol. The number of fused-ring (bicyclic) bond motifs is 15. The van der Waals surface area contributed by atoms with Gasteiger partial charge >= 0.3 is 0 Å². The maximum atomic E-state index is 6.76. The van der Waals surface area contributed by atoms with E-state index in [4.69, 9.17) is 4.42 Å². The lowest BCUT2D eigenvalue weighted by atomic mass is 9.70. The Morgan fingerprint density at radius 2 is 1.00 bits per heavy atom. The number of nitrogens with zero attached hydrogens (tertiary/aromatic N) is 1. The van der Waals surface area contributed by atoms with E-state index in [-0.39, 0.29) is 0 Å². The lowest BCUT2D eigenvalue weighted by Gasteiger charge is -2.32. The first-order valence-electron chi connectivity index (χ1n) is 19.0. The topological polar surface area (TPSA) is 16.4 Å². The minimum atomic E-state index is -0.511. The van der Waals surface area contributed by atoms with Crippen LogP contribution in [0.4, 0.5) is 17.1 Å². The minimum absolute atomic E-state index is 0.511. The van der Waals surface area contributed by atoms with E-state index in [1.807, 2.05) is 0 Å². The SMILES string of the molecule is c1ccc(N(c2ccc(-c3ccc4ccccc4c3)cc2)c2ccc3c(c2)C2(c4ccccc4-3)c3ccccc3-c3c2ccc2c3oc3ccccc32)cc1. The van der Waals surface area contributed by atoms with Gasteiger partial charge in [0.15, 0.2) is 0 Å². The van der Waals surface area contributed by atoms with Gasteiger partial charge in [-0.05, 0) is 109 Å². The second-order valence-electron chi connectivity index (χ2n) is 14.8. The van der Waals surface area contributed by atoms with E-state index >= 15 is 0 Å². The van der Waals surface area contributed by atoms with Crippen molar-refractivity contribution in [1.82, 2.24) is 0 Å². The monoisotopic (exact) mass is 699 g/mol. The Labute approximate surface area is 319 Å². The number of benzene rings is 9. The van der Waals surface area contributed by atoms with Crippen molar-refractivity contribution in [1.29, 1.82) is 0 Å². The molecule has 10 aromatic rings. The highest BCUT2D eigenvalue weighted by Crippen LogP contribution is 2.64. The van der Waals surface area contributed by atoms with Gasteiger partial charge in [-0.2, -0.15) is 0 Å². The van der Waals surface area contributed by atoms with Crippen LogP contribution in [-0.2, 0) is 5.41 Å². The van der Waals surface area contributed by atoms with Gasteiger partial charge in [0.05, 0.1) is 5.41 Å². The summed E-state index contributed by atoms with van der Waals surface area (Å²) in [6.07, 6.45) is 0. The first kappa shape index (κ1) is 30.3. The molecule has 0 saturated carbocycles. The summed E-state index contributed by atoms with van der Waals surface area (Å²) >= 11 is 0. The third kappa shape index (κ3) is 4.19. The van der Waals surface area contributed by atoms with Gasteiger partial charge in [0, 0.05) is 33.4 Å². The van der Waals surface area contributed by atoms with Crippen LogP contribution < -0.4 is 4.90 Å². The second kappa shape index (κ2) is 11.4. The van der Waals surface area contributed by atoms with Crippen LogP contribution in [0.25, 0.3) is 66.1 Å². The Morgan fingerprint density at radius 1 is 0.364 bits per heavy atom. The van der Waals surface area contributed by atoms with E-state index in [1.165, 1.54) is 66.4 Å². The zero-order valence-corrected chi connectivity index (χ0v) is 29.9. The lowest BCUT2D eigenvalue weighted by molar-refractivity contribution is 0.669. The fraction of sp³-hybridized carbons (Fsp3) is 0.0189. The van der Waals surface area contributed by atoms with Crippen molar-refractivity contribution in [3.63, 3.8) is 0 Å². The van der Waals surface area contributed by atoms with Crippen LogP contribution in [0.15, 0.2) is 205 Å². The highest BCUT2D eigenvalue weighted by atomic mass is 16.3. The van der Waals surface area contributed by atoms with Crippen molar-refractivity contribution < 1.29 is 4.42 Å². The van der Waals surface area contributed by atoms with Crippen LogP contribution in [0.3, 0.4) is 0 Å². The summed E-state index contributed by atoms with van der Waals surface area (Å²) in [5, 5.41) is 4.81. The third-order valence-electron chi connectivity index (χ3n) is 12.1. The third-order valence-corrected chi connectivity index (χ3v) is 12.1. The largest absolute Gasteiger partial charge is 0.455 e. The molecule has 2 aliphatic carbocycles. The van der Waals surface area contributed by atoms with Crippen molar-refractivity contribution in [3.05, 3.63) is 222 Å². The molecule has 2 aliphatic rings. The summed E-state index contributed by atoms with van der Waals surface area (Å²) in [6, 6.07) is 73.2. The normalized spacial score (nSPS) is 15.0. The van der Waals surface area contributed by atoms with E-state index in [9.17, 15) is 0 Å². The minimum Gasteiger partial charge on any atom is -0.455 e. The molecule has 0 amide bonds. The fourth-order valence-corrected chi connectivity index (χ4v) is 9.72. The number of furan rings is 1.